The van der Waals surface area contributed by atoms with Gasteiger partial charge in [0.25, 0.3) is 0 Å². The molecule has 0 saturated carbocycles. The smallest absolute Gasteiger partial charge is 0.433 e. The molecule has 0 fully saturated rings. The standard InChI is InChI=1S/C11H4BrClF4N2O/c12-5-1-2-7(6(14)3-5)20-9-4-8(11(15,16)17)18-10(13)19-9/h1-4H. The molecule has 0 saturated heterocycles. The SMILES string of the molecule is Fc1cc(Br)ccc1Oc1cc(C(F)(F)F)nc(Cl)n1. The lowest BCUT2D eigenvalue weighted by atomic mass is 10.3. The zero-order chi connectivity index (χ0) is 14.9. The van der Waals surface area contributed by atoms with Gasteiger partial charge in [-0.3, -0.25) is 0 Å². The minimum absolute atomic E-state index is 0.281. The van der Waals surface area contributed by atoms with E-state index in [4.69, 9.17) is 16.3 Å². The number of ether oxygens (including phenoxy) is 1. The van der Waals surface area contributed by atoms with Crippen LogP contribution in [0.1, 0.15) is 5.69 Å². The van der Waals surface area contributed by atoms with Crippen LogP contribution in [-0.2, 0) is 6.18 Å². The fourth-order valence-electron chi connectivity index (χ4n) is 1.26. The van der Waals surface area contributed by atoms with Gasteiger partial charge in [-0.2, -0.15) is 18.2 Å². The van der Waals surface area contributed by atoms with Gasteiger partial charge >= 0.3 is 6.18 Å². The summed E-state index contributed by atoms with van der Waals surface area (Å²) in [6.07, 6.45) is -4.71. The van der Waals surface area contributed by atoms with Crippen molar-refractivity contribution in [1.82, 2.24) is 9.97 Å². The molecule has 3 nitrogen and oxygen atoms in total. The molecule has 9 heteroatoms. The summed E-state index contributed by atoms with van der Waals surface area (Å²) in [5.74, 6) is -1.54. The van der Waals surface area contributed by atoms with Crippen LogP contribution in [0, 0.1) is 5.82 Å². The van der Waals surface area contributed by atoms with Gasteiger partial charge in [0.15, 0.2) is 17.3 Å². The molecule has 1 aromatic heterocycles. The van der Waals surface area contributed by atoms with Crippen LogP contribution in [0.5, 0.6) is 11.6 Å². The van der Waals surface area contributed by atoms with E-state index < -0.39 is 28.9 Å². The zero-order valence-electron chi connectivity index (χ0n) is 9.38. The number of halogens is 6. The highest BCUT2D eigenvalue weighted by Crippen LogP contribution is 2.32. The molecule has 0 unspecified atom stereocenters. The Morgan fingerprint density at radius 2 is 1.85 bits per heavy atom. The van der Waals surface area contributed by atoms with Crippen LogP contribution in [0.25, 0.3) is 0 Å². The molecule has 0 radical (unpaired) electrons. The summed E-state index contributed by atoms with van der Waals surface area (Å²) in [5, 5.41) is -0.646. The van der Waals surface area contributed by atoms with Crippen LogP contribution in [-0.4, -0.2) is 9.97 Å². The predicted octanol–water partition coefficient (Wildman–Crippen LogP) is 4.84. The molecular weight excluding hydrogens is 367 g/mol. The van der Waals surface area contributed by atoms with E-state index in [0.29, 0.717) is 10.5 Å². The third kappa shape index (κ3) is 3.57. The van der Waals surface area contributed by atoms with Gasteiger partial charge in [-0.25, -0.2) is 9.37 Å². The third-order valence-corrected chi connectivity index (χ3v) is 2.74. The molecule has 2 aromatic rings. The van der Waals surface area contributed by atoms with Crippen LogP contribution >= 0.6 is 27.5 Å². The third-order valence-electron chi connectivity index (χ3n) is 2.07. The first-order valence-corrected chi connectivity index (χ1v) is 6.17. The van der Waals surface area contributed by atoms with E-state index in [-0.39, 0.29) is 5.75 Å². The second-order valence-electron chi connectivity index (χ2n) is 3.54. The molecule has 1 aromatic carbocycles. The Morgan fingerprint density at radius 3 is 2.45 bits per heavy atom. The number of rotatable bonds is 2. The maximum absolute atomic E-state index is 13.5. The van der Waals surface area contributed by atoms with Gasteiger partial charge in [0, 0.05) is 10.5 Å². The summed E-state index contributed by atoms with van der Waals surface area (Å²) in [4.78, 5) is 6.49. The molecule has 0 aliphatic rings. The molecule has 2 rings (SSSR count). The second kappa shape index (κ2) is 5.53. The fraction of sp³-hybridized carbons (Fsp3) is 0.0909. The van der Waals surface area contributed by atoms with Crippen molar-refractivity contribution in [3.05, 3.63) is 45.5 Å². The van der Waals surface area contributed by atoms with Crippen LogP contribution in [0.4, 0.5) is 17.6 Å². The van der Waals surface area contributed by atoms with Crippen LogP contribution in [0.3, 0.4) is 0 Å². The zero-order valence-corrected chi connectivity index (χ0v) is 11.7. The van der Waals surface area contributed by atoms with E-state index in [9.17, 15) is 17.6 Å². The first-order valence-electron chi connectivity index (χ1n) is 5.00. The van der Waals surface area contributed by atoms with E-state index in [2.05, 4.69) is 25.9 Å². The Balaban J connectivity index is 2.36. The van der Waals surface area contributed by atoms with Crippen molar-refractivity contribution < 1.29 is 22.3 Å². The number of aromatic nitrogens is 2. The molecule has 20 heavy (non-hydrogen) atoms. The van der Waals surface area contributed by atoms with Gasteiger partial charge in [0.1, 0.15) is 0 Å². The van der Waals surface area contributed by atoms with Crippen molar-refractivity contribution in [3.63, 3.8) is 0 Å². The Kier molecular flexibility index (Phi) is 4.14. The molecule has 0 amide bonds. The molecular formula is C11H4BrClF4N2O. The summed E-state index contributed by atoms with van der Waals surface area (Å²) >= 11 is 8.42. The Labute approximate surface area is 123 Å². The van der Waals surface area contributed by atoms with Gasteiger partial charge in [-0.05, 0) is 29.8 Å². The fourth-order valence-corrected chi connectivity index (χ4v) is 1.77. The molecule has 0 spiro atoms. The van der Waals surface area contributed by atoms with Crippen molar-refractivity contribution in [1.29, 1.82) is 0 Å². The molecule has 0 bridgehead atoms. The first kappa shape index (κ1) is 15.0. The number of benzene rings is 1. The van der Waals surface area contributed by atoms with Crippen LogP contribution in [0.2, 0.25) is 5.28 Å². The molecule has 0 atom stereocenters. The van der Waals surface area contributed by atoms with E-state index in [1.807, 2.05) is 0 Å². The normalized spacial score (nSPS) is 11.5. The lowest BCUT2D eigenvalue weighted by molar-refractivity contribution is -0.141. The number of nitrogens with zero attached hydrogens (tertiary/aromatic N) is 2. The van der Waals surface area contributed by atoms with Crippen molar-refractivity contribution in [3.8, 4) is 11.6 Å². The monoisotopic (exact) mass is 370 g/mol. The Bertz CT molecular complexity index is 651. The summed E-state index contributed by atoms with van der Waals surface area (Å²) in [6, 6.07) is 4.34. The van der Waals surface area contributed by atoms with Gasteiger partial charge in [-0.15, -0.1) is 0 Å². The summed E-state index contributed by atoms with van der Waals surface area (Å²) in [6.45, 7) is 0. The maximum atomic E-state index is 13.5. The largest absolute Gasteiger partial charge is 0.436 e. The maximum Gasteiger partial charge on any atom is 0.433 e. The topological polar surface area (TPSA) is 35.0 Å². The quantitative estimate of drug-likeness (QED) is 0.559. The van der Waals surface area contributed by atoms with E-state index in [1.165, 1.54) is 12.1 Å². The molecule has 0 aliphatic carbocycles. The van der Waals surface area contributed by atoms with Gasteiger partial charge in [0.05, 0.1) is 0 Å². The van der Waals surface area contributed by atoms with Crippen molar-refractivity contribution in [2.45, 2.75) is 6.18 Å². The van der Waals surface area contributed by atoms with E-state index >= 15 is 0 Å². The number of hydrogen-bond acceptors (Lipinski definition) is 3. The van der Waals surface area contributed by atoms with Crippen molar-refractivity contribution in [2.24, 2.45) is 0 Å². The highest BCUT2D eigenvalue weighted by atomic mass is 79.9. The number of alkyl halides is 3. The van der Waals surface area contributed by atoms with E-state index in [0.717, 1.165) is 6.07 Å². The Morgan fingerprint density at radius 1 is 1.15 bits per heavy atom. The van der Waals surface area contributed by atoms with Crippen molar-refractivity contribution in [2.75, 3.05) is 0 Å². The lowest BCUT2D eigenvalue weighted by Gasteiger charge is -2.09. The first-order chi connectivity index (χ1) is 9.25. The second-order valence-corrected chi connectivity index (χ2v) is 4.79. The van der Waals surface area contributed by atoms with Gasteiger partial charge < -0.3 is 4.74 Å². The molecule has 0 aliphatic heterocycles. The average molecular weight is 372 g/mol. The van der Waals surface area contributed by atoms with Crippen LogP contribution < -0.4 is 4.74 Å². The average Bonchev–Trinajstić information content (AvgIpc) is 2.31. The summed E-state index contributed by atoms with van der Waals surface area (Å²) < 4.78 is 56.5. The summed E-state index contributed by atoms with van der Waals surface area (Å²) in [5.41, 5.74) is -1.27. The lowest BCUT2D eigenvalue weighted by Crippen LogP contribution is -2.09. The predicted molar refractivity (Wildman–Crippen MR) is 66.2 cm³/mol. The molecule has 0 N–H and O–H groups in total. The van der Waals surface area contributed by atoms with Gasteiger partial charge in [0.2, 0.25) is 11.2 Å². The van der Waals surface area contributed by atoms with Crippen molar-refractivity contribution >= 4 is 27.5 Å². The molecule has 1 heterocycles. The summed E-state index contributed by atoms with van der Waals surface area (Å²) in [7, 11) is 0. The van der Waals surface area contributed by atoms with Crippen LogP contribution in [0.15, 0.2) is 28.7 Å². The highest BCUT2D eigenvalue weighted by molar-refractivity contribution is 9.10. The molecule has 106 valence electrons. The van der Waals surface area contributed by atoms with E-state index in [1.54, 1.807) is 0 Å². The minimum Gasteiger partial charge on any atom is -0.436 e. The Hall–Kier alpha value is -1.41. The number of hydrogen-bond donors (Lipinski definition) is 0. The highest BCUT2D eigenvalue weighted by Gasteiger charge is 2.34. The van der Waals surface area contributed by atoms with Gasteiger partial charge in [-0.1, -0.05) is 15.9 Å². The minimum atomic E-state index is -4.71.